The number of carbonyl (C=O) groups is 3. The van der Waals surface area contributed by atoms with Gasteiger partial charge in [-0.1, -0.05) is 5.16 Å². The fourth-order valence-corrected chi connectivity index (χ4v) is 4.21. The molecule has 0 bridgehead atoms. The van der Waals surface area contributed by atoms with Gasteiger partial charge in [-0.2, -0.15) is 13.5 Å². The second kappa shape index (κ2) is 11.2. The molecular formula is C20H24N8O9S2. The maximum Gasteiger partial charge on any atom is 0.418 e. The van der Waals surface area contributed by atoms with Crippen molar-refractivity contribution in [3.8, 4) is 5.75 Å². The third-order valence-corrected chi connectivity index (χ3v) is 6.27. The van der Waals surface area contributed by atoms with E-state index in [2.05, 4.69) is 19.7 Å². The minimum atomic E-state index is -5.00. The van der Waals surface area contributed by atoms with Gasteiger partial charge in [0.25, 0.3) is 17.7 Å². The maximum absolute atomic E-state index is 13.1. The summed E-state index contributed by atoms with van der Waals surface area (Å²) in [6.07, 6.45) is -1.48. The Morgan fingerprint density at radius 1 is 1.31 bits per heavy atom. The van der Waals surface area contributed by atoms with Crippen LogP contribution in [0, 0.1) is 5.41 Å². The van der Waals surface area contributed by atoms with E-state index >= 15 is 0 Å². The first-order valence-electron chi connectivity index (χ1n) is 10.7. The van der Waals surface area contributed by atoms with E-state index in [0.717, 1.165) is 11.3 Å². The van der Waals surface area contributed by atoms with Gasteiger partial charge in [0, 0.05) is 10.9 Å². The number of amidine groups is 1. The minimum Gasteiger partial charge on any atom is -0.489 e. The highest BCUT2D eigenvalue weighted by molar-refractivity contribution is 7.80. The van der Waals surface area contributed by atoms with E-state index in [4.69, 9.17) is 36.7 Å². The van der Waals surface area contributed by atoms with Crippen molar-refractivity contribution in [2.75, 3.05) is 12.3 Å². The molecular weight excluding hydrogens is 560 g/mol. The van der Waals surface area contributed by atoms with Crippen LogP contribution in [0.3, 0.4) is 0 Å². The number of anilines is 1. The van der Waals surface area contributed by atoms with Crippen LogP contribution in [0.2, 0.25) is 0 Å². The summed E-state index contributed by atoms with van der Waals surface area (Å²) in [4.78, 5) is 46.6. The molecule has 0 radical (unpaired) electrons. The number of carbonyl (C=O) groups excluding carboxylic acids is 3. The van der Waals surface area contributed by atoms with Crippen molar-refractivity contribution < 1.29 is 41.2 Å². The summed E-state index contributed by atoms with van der Waals surface area (Å²) >= 11 is 0.967. The normalized spacial score (nSPS) is 17.6. The molecule has 2 aromatic rings. The fourth-order valence-electron chi connectivity index (χ4n) is 3.20. The third-order valence-electron chi connectivity index (χ3n) is 5.26. The molecule has 39 heavy (non-hydrogen) atoms. The summed E-state index contributed by atoms with van der Waals surface area (Å²) in [5.74, 6) is -2.81. The van der Waals surface area contributed by atoms with Gasteiger partial charge in [-0.25, -0.2) is 4.98 Å². The largest absolute Gasteiger partial charge is 0.489 e. The Morgan fingerprint density at radius 3 is 2.44 bits per heavy atom. The molecule has 2 atom stereocenters. The van der Waals surface area contributed by atoms with Crippen LogP contribution in [0.4, 0.5) is 5.13 Å². The van der Waals surface area contributed by atoms with E-state index in [1.165, 1.54) is 43.5 Å². The van der Waals surface area contributed by atoms with Gasteiger partial charge in [-0.05, 0) is 38.1 Å². The predicted octanol–water partition coefficient (Wildman–Crippen LogP) is -1.50. The Balaban J connectivity index is 1.76. The zero-order valence-electron chi connectivity index (χ0n) is 20.4. The molecule has 0 saturated carbocycles. The van der Waals surface area contributed by atoms with Gasteiger partial charge in [0.2, 0.25) is 6.10 Å². The van der Waals surface area contributed by atoms with Gasteiger partial charge in [-0.3, -0.25) is 24.3 Å². The summed E-state index contributed by atoms with van der Waals surface area (Å²) < 4.78 is 40.6. The molecule has 1 aliphatic rings. The number of hydroxylamine groups is 2. The zero-order valence-corrected chi connectivity index (χ0v) is 22.0. The number of amides is 3. The van der Waals surface area contributed by atoms with Gasteiger partial charge >= 0.3 is 10.4 Å². The Hall–Kier alpha value is -4.33. The van der Waals surface area contributed by atoms with Gasteiger partial charge in [0.1, 0.15) is 29.9 Å². The zero-order chi connectivity index (χ0) is 29.1. The molecule has 0 unspecified atom stereocenters. The van der Waals surface area contributed by atoms with Crippen LogP contribution in [0.15, 0.2) is 34.8 Å². The van der Waals surface area contributed by atoms with Crippen molar-refractivity contribution in [3.63, 3.8) is 0 Å². The highest BCUT2D eigenvalue weighted by Gasteiger charge is 2.58. The molecule has 1 aromatic heterocycles. The number of thiazole rings is 1. The van der Waals surface area contributed by atoms with Crippen LogP contribution in [0.5, 0.6) is 5.75 Å². The Kier molecular flexibility index (Phi) is 8.39. The van der Waals surface area contributed by atoms with Crippen molar-refractivity contribution in [3.05, 3.63) is 40.9 Å². The molecule has 19 heteroatoms. The number of primary amides is 1. The van der Waals surface area contributed by atoms with E-state index in [1.54, 1.807) is 0 Å². The van der Waals surface area contributed by atoms with Crippen LogP contribution < -0.4 is 27.3 Å². The number of hydrogen-bond acceptors (Lipinski definition) is 13. The predicted molar refractivity (Wildman–Crippen MR) is 136 cm³/mol. The molecule has 1 fully saturated rings. The summed E-state index contributed by atoms with van der Waals surface area (Å²) in [5, 5.41) is 15.3. The van der Waals surface area contributed by atoms with Crippen molar-refractivity contribution in [2.24, 2.45) is 16.6 Å². The van der Waals surface area contributed by atoms with E-state index in [9.17, 15) is 22.8 Å². The molecule has 0 aliphatic carbocycles. The molecule has 1 saturated heterocycles. The Bertz CT molecular complexity index is 1420. The first-order valence-corrected chi connectivity index (χ1v) is 13.0. The summed E-state index contributed by atoms with van der Waals surface area (Å²) in [6.45, 7) is 2.31. The smallest absolute Gasteiger partial charge is 0.418 e. The quantitative estimate of drug-likeness (QED) is 0.0547. The van der Waals surface area contributed by atoms with E-state index in [1.807, 2.05) is 0 Å². The fraction of sp³-hybridized carbons (Fsp3) is 0.300. The van der Waals surface area contributed by atoms with Crippen LogP contribution in [-0.4, -0.2) is 76.6 Å². The van der Waals surface area contributed by atoms with Gasteiger partial charge in [-0.15, -0.1) is 15.6 Å². The van der Waals surface area contributed by atoms with Crippen LogP contribution in [0.1, 0.15) is 25.1 Å². The Morgan fingerprint density at radius 2 is 1.95 bits per heavy atom. The molecule has 1 aromatic carbocycles. The van der Waals surface area contributed by atoms with E-state index in [-0.39, 0.29) is 16.7 Å². The molecule has 2 heterocycles. The lowest BCUT2D eigenvalue weighted by Gasteiger charge is -2.50. The highest BCUT2D eigenvalue weighted by atomic mass is 32.3. The number of oxime groups is 1. The lowest BCUT2D eigenvalue weighted by molar-refractivity contribution is -0.218. The topological polar surface area (TPSA) is 276 Å². The average Bonchev–Trinajstić information content (AvgIpc) is 3.28. The molecule has 3 rings (SSSR count). The molecule has 3 amide bonds. The second-order valence-electron chi connectivity index (χ2n) is 8.45. The summed E-state index contributed by atoms with van der Waals surface area (Å²) in [5.41, 5.74) is 14.9. The van der Waals surface area contributed by atoms with Crippen molar-refractivity contribution in [2.45, 2.75) is 31.5 Å². The number of nitrogens with zero attached hydrogens (tertiary/aromatic N) is 3. The van der Waals surface area contributed by atoms with Crippen LogP contribution in [0.25, 0.3) is 0 Å². The number of hydrogen-bond donors (Lipinski definition) is 6. The number of benzene rings is 1. The van der Waals surface area contributed by atoms with E-state index in [0.29, 0.717) is 16.4 Å². The molecule has 1 aliphatic heterocycles. The Labute approximate surface area is 225 Å². The summed E-state index contributed by atoms with van der Waals surface area (Å²) in [6, 6.07) is 4.75. The number of rotatable bonds is 12. The van der Waals surface area contributed by atoms with Crippen molar-refractivity contribution >= 4 is 56.1 Å². The standard InChI is InChI=1S/C20H24N8O9S2/c1-20(2)14(18(31)28(20)37-39(32,33)34)26-17(30)13(11-8-38-19(24)25-11)27-36-12(16(23)29)7-35-10-5-3-9(4-6-10)15(21)22/h3-6,8,12,14H,7H2,1-2H3,(H3,21,22)(H2,23,29)(H2,24,25)(H,26,30)(H,32,33,34)/b27-13-/t12-,14-/m1/s1. The van der Waals surface area contributed by atoms with Crippen LogP contribution >= 0.6 is 11.3 Å². The minimum absolute atomic E-state index is 0.0606. The SMILES string of the molecule is CC1(C)[C@H](NC(=O)/C(=N\O[C@H](COc2ccc(C(=N)N)cc2)C(N)=O)c2csc(N)n2)C(=O)N1OS(=O)(=O)O. The number of β-lactam (4-membered cyclic amide) rings is 1. The number of aromatic nitrogens is 1. The van der Waals surface area contributed by atoms with Crippen LogP contribution in [-0.2, 0) is 33.9 Å². The first kappa shape index (κ1) is 29.2. The lowest BCUT2D eigenvalue weighted by atomic mass is 9.84. The average molecular weight is 585 g/mol. The maximum atomic E-state index is 13.1. The second-order valence-corrected chi connectivity index (χ2v) is 10.3. The highest BCUT2D eigenvalue weighted by Crippen LogP contribution is 2.33. The number of nitrogens with one attached hydrogen (secondary N) is 2. The first-order chi connectivity index (χ1) is 18.1. The number of nitrogens with two attached hydrogens (primary N) is 3. The molecule has 210 valence electrons. The van der Waals surface area contributed by atoms with Crippen molar-refractivity contribution in [1.29, 1.82) is 5.41 Å². The third kappa shape index (κ3) is 6.96. The number of nitrogen functional groups attached to an aromatic ring is 2. The lowest BCUT2D eigenvalue weighted by Crippen LogP contribution is -2.76. The molecule has 9 N–H and O–H groups in total. The van der Waals surface area contributed by atoms with Crippen molar-refractivity contribution in [1.82, 2.24) is 15.4 Å². The van der Waals surface area contributed by atoms with Gasteiger partial charge in [0.05, 0.1) is 5.54 Å². The number of ether oxygens (including phenoxy) is 1. The monoisotopic (exact) mass is 584 g/mol. The van der Waals surface area contributed by atoms with E-state index < -0.39 is 58.1 Å². The van der Waals surface area contributed by atoms with Gasteiger partial charge < -0.3 is 32.1 Å². The molecule has 17 nitrogen and oxygen atoms in total. The summed E-state index contributed by atoms with van der Waals surface area (Å²) in [7, 11) is -5.00. The molecule has 0 spiro atoms. The van der Waals surface area contributed by atoms with Gasteiger partial charge in [0.15, 0.2) is 10.8 Å².